The zero-order valence-electron chi connectivity index (χ0n) is 12.5. The van der Waals surface area contributed by atoms with E-state index < -0.39 is 0 Å². The lowest BCUT2D eigenvalue weighted by molar-refractivity contribution is 0.257. The fourth-order valence-corrected chi connectivity index (χ4v) is 4.59. The van der Waals surface area contributed by atoms with Gasteiger partial charge in [0.15, 0.2) is 0 Å². The number of aryl methyl sites for hydroxylation is 1. The molecule has 3 nitrogen and oxygen atoms in total. The van der Waals surface area contributed by atoms with E-state index in [1.165, 1.54) is 55.0 Å². The standard InChI is InChI=1S/C16H27N3S/c1-2-12-10-19-16(20-12)11-18-15-8-5-6-13(15)14-7-3-4-9-17-14/h10,13-15,17-18H,2-9,11H2,1H3. The average molecular weight is 293 g/mol. The lowest BCUT2D eigenvalue weighted by atomic mass is 9.88. The molecule has 1 aliphatic heterocycles. The van der Waals surface area contributed by atoms with Crippen molar-refractivity contribution in [1.29, 1.82) is 0 Å². The van der Waals surface area contributed by atoms with Crippen molar-refractivity contribution in [3.8, 4) is 0 Å². The molecule has 4 heteroatoms. The monoisotopic (exact) mass is 293 g/mol. The number of nitrogens with zero attached hydrogens (tertiary/aromatic N) is 1. The van der Waals surface area contributed by atoms with Gasteiger partial charge in [-0.2, -0.15) is 0 Å². The van der Waals surface area contributed by atoms with Gasteiger partial charge in [0.2, 0.25) is 0 Å². The Morgan fingerprint density at radius 1 is 1.30 bits per heavy atom. The molecule has 0 radical (unpaired) electrons. The molecule has 0 spiro atoms. The van der Waals surface area contributed by atoms with Crippen LogP contribution in [0.15, 0.2) is 6.20 Å². The second-order valence-electron chi connectivity index (χ2n) is 6.21. The summed E-state index contributed by atoms with van der Waals surface area (Å²) in [5.41, 5.74) is 0. The van der Waals surface area contributed by atoms with Crippen molar-refractivity contribution in [3.05, 3.63) is 16.1 Å². The quantitative estimate of drug-likeness (QED) is 0.876. The Balaban J connectivity index is 1.52. The molecule has 1 aliphatic carbocycles. The number of hydrogen-bond acceptors (Lipinski definition) is 4. The van der Waals surface area contributed by atoms with Crippen LogP contribution in [0.5, 0.6) is 0 Å². The van der Waals surface area contributed by atoms with E-state index in [1.807, 2.05) is 17.5 Å². The number of rotatable bonds is 5. The molecule has 1 aromatic rings. The van der Waals surface area contributed by atoms with Gasteiger partial charge in [-0.1, -0.05) is 19.8 Å². The lowest BCUT2D eigenvalue weighted by Crippen LogP contribution is -2.46. The first-order valence-corrected chi connectivity index (χ1v) is 9.09. The van der Waals surface area contributed by atoms with E-state index in [9.17, 15) is 0 Å². The van der Waals surface area contributed by atoms with Gasteiger partial charge in [0.05, 0.1) is 0 Å². The first kappa shape index (κ1) is 14.5. The number of piperidine rings is 1. The molecule has 0 aromatic carbocycles. The molecular formula is C16H27N3S. The molecule has 3 rings (SSSR count). The molecule has 1 saturated heterocycles. The molecule has 2 heterocycles. The fourth-order valence-electron chi connectivity index (χ4n) is 3.78. The van der Waals surface area contributed by atoms with E-state index >= 15 is 0 Å². The minimum absolute atomic E-state index is 0.694. The predicted molar refractivity (Wildman–Crippen MR) is 85.1 cm³/mol. The van der Waals surface area contributed by atoms with Gasteiger partial charge in [-0.25, -0.2) is 4.98 Å². The van der Waals surface area contributed by atoms with Crippen LogP contribution >= 0.6 is 11.3 Å². The smallest absolute Gasteiger partial charge is 0.107 e. The van der Waals surface area contributed by atoms with Gasteiger partial charge in [0.25, 0.3) is 0 Å². The van der Waals surface area contributed by atoms with E-state index in [0.717, 1.165) is 24.9 Å². The lowest BCUT2D eigenvalue weighted by Gasteiger charge is -2.33. The van der Waals surface area contributed by atoms with Crippen LogP contribution < -0.4 is 10.6 Å². The van der Waals surface area contributed by atoms with Gasteiger partial charge in [0, 0.05) is 29.7 Å². The molecule has 3 atom stereocenters. The third kappa shape index (κ3) is 3.41. The highest BCUT2D eigenvalue weighted by Crippen LogP contribution is 2.32. The van der Waals surface area contributed by atoms with Crippen molar-refractivity contribution in [2.75, 3.05) is 6.54 Å². The molecule has 2 fully saturated rings. The van der Waals surface area contributed by atoms with Crippen LogP contribution in [0.2, 0.25) is 0 Å². The van der Waals surface area contributed by atoms with E-state index in [2.05, 4.69) is 22.5 Å². The zero-order valence-corrected chi connectivity index (χ0v) is 13.3. The maximum Gasteiger partial charge on any atom is 0.107 e. The zero-order chi connectivity index (χ0) is 13.8. The normalized spacial score (nSPS) is 30.8. The summed E-state index contributed by atoms with van der Waals surface area (Å²) in [4.78, 5) is 5.93. The Bertz CT molecular complexity index is 412. The molecule has 2 aliphatic rings. The van der Waals surface area contributed by atoms with Crippen molar-refractivity contribution in [2.45, 2.75) is 70.5 Å². The highest BCUT2D eigenvalue weighted by molar-refractivity contribution is 7.11. The molecule has 1 aromatic heterocycles. The van der Waals surface area contributed by atoms with Crippen LogP contribution in [0.1, 0.15) is 55.3 Å². The summed E-state index contributed by atoms with van der Waals surface area (Å²) in [7, 11) is 0. The summed E-state index contributed by atoms with van der Waals surface area (Å²) in [6.45, 7) is 4.38. The predicted octanol–water partition coefficient (Wildman–Crippen LogP) is 3.11. The number of aromatic nitrogens is 1. The van der Waals surface area contributed by atoms with Crippen LogP contribution in [0.25, 0.3) is 0 Å². The summed E-state index contributed by atoms with van der Waals surface area (Å²) >= 11 is 1.86. The van der Waals surface area contributed by atoms with Crippen LogP contribution in [0, 0.1) is 5.92 Å². The molecule has 3 unspecified atom stereocenters. The van der Waals surface area contributed by atoms with Crippen molar-refractivity contribution >= 4 is 11.3 Å². The summed E-state index contributed by atoms with van der Waals surface area (Å²) in [5.74, 6) is 0.834. The molecule has 112 valence electrons. The second kappa shape index (κ2) is 7.01. The van der Waals surface area contributed by atoms with Gasteiger partial charge in [-0.3, -0.25) is 0 Å². The second-order valence-corrected chi connectivity index (χ2v) is 7.41. The Labute approximate surface area is 126 Å². The van der Waals surface area contributed by atoms with Crippen molar-refractivity contribution in [2.24, 2.45) is 5.92 Å². The molecule has 1 saturated carbocycles. The van der Waals surface area contributed by atoms with Crippen molar-refractivity contribution in [3.63, 3.8) is 0 Å². The number of hydrogen-bond donors (Lipinski definition) is 2. The van der Waals surface area contributed by atoms with Gasteiger partial charge in [-0.15, -0.1) is 11.3 Å². The Hall–Kier alpha value is -0.450. The summed E-state index contributed by atoms with van der Waals surface area (Å²) < 4.78 is 0. The molecule has 0 bridgehead atoms. The average Bonchev–Trinajstić information content (AvgIpc) is 3.15. The van der Waals surface area contributed by atoms with E-state index in [-0.39, 0.29) is 0 Å². The first-order valence-electron chi connectivity index (χ1n) is 8.27. The Morgan fingerprint density at radius 3 is 3.00 bits per heavy atom. The molecule has 20 heavy (non-hydrogen) atoms. The number of nitrogens with one attached hydrogen (secondary N) is 2. The fraction of sp³-hybridized carbons (Fsp3) is 0.812. The van der Waals surface area contributed by atoms with Crippen LogP contribution in [0.3, 0.4) is 0 Å². The summed E-state index contributed by atoms with van der Waals surface area (Å²) in [6.07, 6.45) is 11.4. The van der Waals surface area contributed by atoms with Gasteiger partial charge in [0.1, 0.15) is 5.01 Å². The Kier molecular flexibility index (Phi) is 5.08. The minimum Gasteiger partial charge on any atom is -0.314 e. The van der Waals surface area contributed by atoms with Crippen molar-refractivity contribution in [1.82, 2.24) is 15.6 Å². The SMILES string of the molecule is CCc1cnc(CNC2CCCC2C2CCCCN2)s1. The summed E-state index contributed by atoms with van der Waals surface area (Å²) in [6, 6.07) is 1.45. The van der Waals surface area contributed by atoms with Gasteiger partial charge < -0.3 is 10.6 Å². The highest BCUT2D eigenvalue weighted by Gasteiger charge is 2.33. The summed E-state index contributed by atoms with van der Waals surface area (Å²) in [5, 5.41) is 8.79. The van der Waals surface area contributed by atoms with E-state index in [0.29, 0.717) is 6.04 Å². The van der Waals surface area contributed by atoms with Gasteiger partial charge >= 0.3 is 0 Å². The maximum atomic E-state index is 4.53. The van der Waals surface area contributed by atoms with Crippen LogP contribution in [0.4, 0.5) is 0 Å². The molecular weight excluding hydrogens is 266 g/mol. The Morgan fingerprint density at radius 2 is 2.25 bits per heavy atom. The topological polar surface area (TPSA) is 37.0 Å². The molecule has 2 N–H and O–H groups in total. The van der Waals surface area contributed by atoms with E-state index in [4.69, 9.17) is 0 Å². The maximum absolute atomic E-state index is 4.53. The first-order chi connectivity index (χ1) is 9.86. The third-order valence-electron chi connectivity index (χ3n) is 4.90. The van der Waals surface area contributed by atoms with Crippen LogP contribution in [-0.2, 0) is 13.0 Å². The highest BCUT2D eigenvalue weighted by atomic mass is 32.1. The molecule has 0 amide bonds. The third-order valence-corrected chi connectivity index (χ3v) is 6.04. The van der Waals surface area contributed by atoms with Crippen molar-refractivity contribution < 1.29 is 0 Å². The van der Waals surface area contributed by atoms with E-state index in [1.54, 1.807) is 0 Å². The van der Waals surface area contributed by atoms with Crippen LogP contribution in [-0.4, -0.2) is 23.6 Å². The largest absolute Gasteiger partial charge is 0.314 e. The number of thiazole rings is 1. The minimum atomic E-state index is 0.694. The van der Waals surface area contributed by atoms with Gasteiger partial charge in [-0.05, 0) is 44.6 Å².